The van der Waals surface area contributed by atoms with Gasteiger partial charge in [-0.05, 0) is 36.8 Å². The maximum atomic E-state index is 13.6. The molecule has 0 bridgehead atoms. The van der Waals surface area contributed by atoms with E-state index in [9.17, 15) is 12.8 Å². The number of halogens is 1. The Bertz CT molecular complexity index is 717. The molecule has 0 aliphatic rings. The standard InChI is InChI=1S/C12H12FN3O2S/c1-8-4-5-15-7-11(8)16-19(17,18)12-3-2-9(14)6-10(12)13/h2-7,16H,14H2,1H3. The summed E-state index contributed by atoms with van der Waals surface area (Å²) in [6.07, 6.45) is 2.90. The maximum absolute atomic E-state index is 13.6. The van der Waals surface area contributed by atoms with Crippen LogP contribution in [-0.4, -0.2) is 13.4 Å². The number of aromatic nitrogens is 1. The second-order valence-electron chi connectivity index (χ2n) is 3.99. The van der Waals surface area contributed by atoms with Gasteiger partial charge in [0.15, 0.2) is 0 Å². The number of hydrogen-bond donors (Lipinski definition) is 2. The molecule has 1 aromatic heterocycles. The van der Waals surface area contributed by atoms with Gasteiger partial charge in [0, 0.05) is 11.9 Å². The third-order valence-electron chi connectivity index (χ3n) is 2.53. The highest BCUT2D eigenvalue weighted by Crippen LogP contribution is 2.21. The molecule has 0 amide bonds. The second-order valence-corrected chi connectivity index (χ2v) is 5.64. The molecule has 19 heavy (non-hydrogen) atoms. The molecule has 5 nitrogen and oxygen atoms in total. The number of nitrogen functional groups attached to an aromatic ring is 1. The minimum Gasteiger partial charge on any atom is -0.399 e. The van der Waals surface area contributed by atoms with Gasteiger partial charge in [0.05, 0.1) is 11.9 Å². The zero-order chi connectivity index (χ0) is 14.0. The Morgan fingerprint density at radius 3 is 2.68 bits per heavy atom. The molecule has 0 radical (unpaired) electrons. The molecule has 0 unspecified atom stereocenters. The van der Waals surface area contributed by atoms with E-state index in [1.165, 1.54) is 18.5 Å². The van der Waals surface area contributed by atoms with Crippen LogP contribution in [0.4, 0.5) is 15.8 Å². The van der Waals surface area contributed by atoms with E-state index in [-0.39, 0.29) is 5.69 Å². The summed E-state index contributed by atoms with van der Waals surface area (Å²) in [6, 6.07) is 5.06. The number of rotatable bonds is 3. The molecule has 0 fully saturated rings. The number of aryl methyl sites for hydroxylation is 1. The highest BCUT2D eigenvalue weighted by Gasteiger charge is 2.19. The predicted octanol–water partition coefficient (Wildman–Crippen LogP) is 1.91. The van der Waals surface area contributed by atoms with E-state index in [1.807, 2.05) is 0 Å². The highest BCUT2D eigenvalue weighted by molar-refractivity contribution is 7.92. The number of pyridine rings is 1. The molecular formula is C12H12FN3O2S. The fourth-order valence-electron chi connectivity index (χ4n) is 1.51. The summed E-state index contributed by atoms with van der Waals surface area (Å²) in [4.78, 5) is 3.37. The first kappa shape index (κ1) is 13.3. The average Bonchev–Trinajstić information content (AvgIpc) is 2.31. The van der Waals surface area contributed by atoms with Crippen molar-refractivity contribution in [3.05, 3.63) is 48.0 Å². The fourth-order valence-corrected chi connectivity index (χ4v) is 2.68. The topological polar surface area (TPSA) is 85.1 Å². The van der Waals surface area contributed by atoms with Crippen LogP contribution in [0.2, 0.25) is 0 Å². The molecule has 2 aromatic rings. The van der Waals surface area contributed by atoms with E-state index in [2.05, 4.69) is 9.71 Å². The second kappa shape index (κ2) is 4.85. The lowest BCUT2D eigenvalue weighted by Gasteiger charge is -2.10. The van der Waals surface area contributed by atoms with Crippen molar-refractivity contribution < 1.29 is 12.8 Å². The minimum atomic E-state index is -4.00. The lowest BCUT2D eigenvalue weighted by atomic mass is 10.3. The van der Waals surface area contributed by atoms with Gasteiger partial charge < -0.3 is 5.73 Å². The Hall–Kier alpha value is -2.15. The van der Waals surface area contributed by atoms with Gasteiger partial charge in [-0.25, -0.2) is 12.8 Å². The Labute approximate surface area is 110 Å². The van der Waals surface area contributed by atoms with Crippen molar-refractivity contribution in [2.75, 3.05) is 10.5 Å². The van der Waals surface area contributed by atoms with Crippen molar-refractivity contribution in [3.63, 3.8) is 0 Å². The van der Waals surface area contributed by atoms with E-state index in [0.717, 1.165) is 12.1 Å². The third-order valence-corrected chi connectivity index (χ3v) is 3.93. The van der Waals surface area contributed by atoms with Crippen LogP contribution >= 0.6 is 0 Å². The first-order chi connectivity index (χ1) is 8.90. The normalized spacial score (nSPS) is 11.3. The lowest BCUT2D eigenvalue weighted by Crippen LogP contribution is -2.15. The number of nitrogens with two attached hydrogens (primary N) is 1. The molecule has 0 saturated carbocycles. The molecule has 0 atom stereocenters. The SMILES string of the molecule is Cc1ccncc1NS(=O)(=O)c1ccc(N)cc1F. The van der Waals surface area contributed by atoms with Gasteiger partial charge in [-0.15, -0.1) is 0 Å². The van der Waals surface area contributed by atoms with E-state index in [4.69, 9.17) is 5.73 Å². The molecule has 1 heterocycles. The summed E-state index contributed by atoms with van der Waals surface area (Å²) in [5.74, 6) is -0.894. The van der Waals surface area contributed by atoms with Crippen molar-refractivity contribution >= 4 is 21.4 Å². The van der Waals surface area contributed by atoms with Crippen molar-refractivity contribution in [3.8, 4) is 0 Å². The number of sulfonamides is 1. The highest BCUT2D eigenvalue weighted by atomic mass is 32.2. The summed E-state index contributed by atoms with van der Waals surface area (Å²) < 4.78 is 40.1. The van der Waals surface area contributed by atoms with E-state index < -0.39 is 20.7 Å². The van der Waals surface area contributed by atoms with Crippen LogP contribution in [0.15, 0.2) is 41.6 Å². The molecular weight excluding hydrogens is 269 g/mol. The Morgan fingerprint density at radius 2 is 2.05 bits per heavy atom. The third kappa shape index (κ3) is 2.82. The molecule has 1 aromatic carbocycles. The van der Waals surface area contributed by atoms with Gasteiger partial charge in [0.2, 0.25) is 0 Å². The van der Waals surface area contributed by atoms with Crippen molar-refractivity contribution in [2.45, 2.75) is 11.8 Å². The molecule has 3 N–H and O–H groups in total. The molecule has 0 spiro atoms. The molecule has 0 aliphatic carbocycles. The zero-order valence-corrected chi connectivity index (χ0v) is 10.9. The Morgan fingerprint density at radius 1 is 1.32 bits per heavy atom. The Kier molecular flexibility index (Phi) is 3.39. The van der Waals surface area contributed by atoms with Crippen molar-refractivity contribution in [2.24, 2.45) is 0 Å². The van der Waals surface area contributed by atoms with Crippen LogP contribution in [0.25, 0.3) is 0 Å². The van der Waals surface area contributed by atoms with Crippen LogP contribution in [-0.2, 0) is 10.0 Å². The van der Waals surface area contributed by atoms with Gasteiger partial charge in [0.1, 0.15) is 10.7 Å². The number of benzene rings is 1. The first-order valence-electron chi connectivity index (χ1n) is 5.38. The number of nitrogens with zero attached hydrogens (tertiary/aromatic N) is 1. The number of nitrogens with one attached hydrogen (secondary N) is 1. The first-order valence-corrected chi connectivity index (χ1v) is 6.87. The van der Waals surface area contributed by atoms with Gasteiger partial charge >= 0.3 is 0 Å². The molecule has 0 aliphatic heterocycles. The summed E-state index contributed by atoms with van der Waals surface area (Å²) in [5, 5.41) is 0. The average molecular weight is 281 g/mol. The predicted molar refractivity (Wildman–Crippen MR) is 70.6 cm³/mol. The zero-order valence-electron chi connectivity index (χ0n) is 10.1. The Balaban J connectivity index is 2.41. The smallest absolute Gasteiger partial charge is 0.264 e. The summed E-state index contributed by atoms with van der Waals surface area (Å²) in [6.45, 7) is 1.72. The quantitative estimate of drug-likeness (QED) is 0.842. The van der Waals surface area contributed by atoms with Crippen molar-refractivity contribution in [1.82, 2.24) is 4.98 Å². The van der Waals surface area contributed by atoms with Crippen LogP contribution in [0.1, 0.15) is 5.56 Å². The van der Waals surface area contributed by atoms with Gasteiger partial charge in [-0.1, -0.05) is 0 Å². The van der Waals surface area contributed by atoms with Gasteiger partial charge in [-0.3, -0.25) is 9.71 Å². The van der Waals surface area contributed by atoms with Gasteiger partial charge in [0.25, 0.3) is 10.0 Å². The molecule has 2 rings (SSSR count). The molecule has 100 valence electrons. The van der Waals surface area contributed by atoms with E-state index in [0.29, 0.717) is 11.3 Å². The van der Waals surface area contributed by atoms with Crippen LogP contribution in [0.3, 0.4) is 0 Å². The maximum Gasteiger partial charge on any atom is 0.264 e. The summed E-state index contributed by atoms with van der Waals surface area (Å²) in [7, 11) is -4.00. The minimum absolute atomic E-state index is 0.161. The summed E-state index contributed by atoms with van der Waals surface area (Å²) in [5.41, 5.74) is 6.54. The fraction of sp³-hybridized carbons (Fsp3) is 0.0833. The van der Waals surface area contributed by atoms with E-state index >= 15 is 0 Å². The molecule has 0 saturated heterocycles. The van der Waals surface area contributed by atoms with Crippen LogP contribution in [0.5, 0.6) is 0 Å². The van der Waals surface area contributed by atoms with Gasteiger partial charge in [-0.2, -0.15) is 0 Å². The largest absolute Gasteiger partial charge is 0.399 e. The van der Waals surface area contributed by atoms with Crippen molar-refractivity contribution in [1.29, 1.82) is 0 Å². The summed E-state index contributed by atoms with van der Waals surface area (Å²) >= 11 is 0. The van der Waals surface area contributed by atoms with Crippen LogP contribution in [0, 0.1) is 12.7 Å². The van der Waals surface area contributed by atoms with Crippen LogP contribution < -0.4 is 10.5 Å². The van der Waals surface area contributed by atoms with E-state index in [1.54, 1.807) is 13.0 Å². The monoisotopic (exact) mass is 281 g/mol. The number of anilines is 2. The number of hydrogen-bond acceptors (Lipinski definition) is 4. The molecule has 7 heteroatoms. The lowest BCUT2D eigenvalue weighted by molar-refractivity contribution is 0.571.